The fraction of sp³-hybridized carbons (Fsp3) is 0.0526. The van der Waals surface area contributed by atoms with E-state index >= 15 is 0 Å². The van der Waals surface area contributed by atoms with Crippen molar-refractivity contribution in [2.75, 3.05) is 10.0 Å². The number of hydrazine groups is 1. The van der Waals surface area contributed by atoms with Crippen molar-refractivity contribution in [3.8, 4) is 11.4 Å². The van der Waals surface area contributed by atoms with Gasteiger partial charge in [0.25, 0.3) is 0 Å². The fourth-order valence-corrected chi connectivity index (χ4v) is 3.63. The zero-order chi connectivity index (χ0) is 18.7. The molecule has 2 aromatic heterocycles. The van der Waals surface area contributed by atoms with Gasteiger partial charge in [-0.2, -0.15) is 0 Å². The second-order valence-corrected chi connectivity index (χ2v) is 6.51. The summed E-state index contributed by atoms with van der Waals surface area (Å²) < 4.78 is 16.8. The molecule has 9 heteroatoms. The molecule has 0 fully saturated rings. The van der Waals surface area contributed by atoms with Gasteiger partial charge in [-0.05, 0) is 30.3 Å². The first kappa shape index (κ1) is 15.1. The number of rotatable bonds is 2. The first-order valence-electron chi connectivity index (χ1n) is 8.71. The van der Waals surface area contributed by atoms with Crippen molar-refractivity contribution < 1.29 is 4.39 Å². The van der Waals surface area contributed by atoms with Gasteiger partial charge in [-0.1, -0.05) is 23.4 Å². The van der Waals surface area contributed by atoms with Gasteiger partial charge in [0.15, 0.2) is 17.8 Å². The van der Waals surface area contributed by atoms with Crippen molar-refractivity contribution in [1.82, 2.24) is 24.5 Å². The highest BCUT2D eigenvalue weighted by atomic mass is 19.1. The van der Waals surface area contributed by atoms with E-state index in [9.17, 15) is 4.39 Å². The summed E-state index contributed by atoms with van der Waals surface area (Å²) in [6.07, 6.45) is 6.91. The Balaban J connectivity index is 1.42. The van der Waals surface area contributed by atoms with Crippen LogP contribution in [0.1, 0.15) is 11.7 Å². The normalized spacial score (nSPS) is 16.8. The average molecular weight is 372 g/mol. The van der Waals surface area contributed by atoms with E-state index in [0.29, 0.717) is 5.82 Å². The van der Waals surface area contributed by atoms with Crippen molar-refractivity contribution in [3.05, 3.63) is 78.6 Å². The lowest BCUT2D eigenvalue weighted by atomic mass is 10.1. The largest absolute Gasteiger partial charge is 0.284 e. The maximum absolute atomic E-state index is 13.2. The van der Waals surface area contributed by atoms with E-state index in [1.165, 1.54) is 12.1 Å². The van der Waals surface area contributed by atoms with E-state index in [1.54, 1.807) is 41.9 Å². The van der Waals surface area contributed by atoms with Crippen molar-refractivity contribution in [2.24, 2.45) is 4.99 Å². The van der Waals surface area contributed by atoms with Crippen molar-refractivity contribution >= 4 is 18.0 Å². The van der Waals surface area contributed by atoms with Gasteiger partial charge >= 0.3 is 0 Å². The number of aromatic nitrogens is 5. The molecule has 0 aliphatic carbocycles. The molecule has 0 saturated heterocycles. The highest BCUT2D eigenvalue weighted by Crippen LogP contribution is 2.42. The minimum absolute atomic E-state index is 0.198. The van der Waals surface area contributed by atoms with Crippen LogP contribution in [-0.4, -0.2) is 30.9 Å². The summed E-state index contributed by atoms with van der Waals surface area (Å²) in [5.41, 5.74) is 2.87. The highest BCUT2D eigenvalue weighted by molar-refractivity contribution is 5.86. The van der Waals surface area contributed by atoms with Gasteiger partial charge in [0.1, 0.15) is 18.5 Å². The van der Waals surface area contributed by atoms with E-state index < -0.39 is 0 Å². The molecule has 0 N–H and O–H groups in total. The molecule has 28 heavy (non-hydrogen) atoms. The number of fused-ring (bicyclic) bond motifs is 6. The second-order valence-electron chi connectivity index (χ2n) is 6.51. The first-order chi connectivity index (χ1) is 13.8. The first-order valence-corrected chi connectivity index (χ1v) is 8.71. The molecule has 2 aliphatic heterocycles. The van der Waals surface area contributed by atoms with E-state index in [0.717, 1.165) is 22.8 Å². The molecule has 1 unspecified atom stereocenters. The third kappa shape index (κ3) is 2.04. The van der Waals surface area contributed by atoms with Crippen LogP contribution in [0.2, 0.25) is 0 Å². The fourth-order valence-electron chi connectivity index (χ4n) is 3.63. The number of aliphatic imine (C=N–C) groups is 1. The van der Waals surface area contributed by atoms with Crippen molar-refractivity contribution in [3.63, 3.8) is 0 Å². The Labute approximate surface area is 158 Å². The molecule has 0 amide bonds. The molecule has 0 saturated carbocycles. The smallest absolute Gasteiger partial charge is 0.195 e. The van der Waals surface area contributed by atoms with Crippen LogP contribution < -0.4 is 10.0 Å². The number of hydrogen-bond acceptors (Lipinski definition) is 6. The van der Waals surface area contributed by atoms with Crippen LogP contribution in [0, 0.1) is 5.82 Å². The van der Waals surface area contributed by atoms with Crippen LogP contribution in [0.5, 0.6) is 0 Å². The topological polar surface area (TPSA) is 67.4 Å². The second kappa shape index (κ2) is 5.49. The van der Waals surface area contributed by atoms with Gasteiger partial charge in [0.05, 0.1) is 23.8 Å². The van der Waals surface area contributed by atoms with Gasteiger partial charge in [-0.15, -0.1) is 5.10 Å². The summed E-state index contributed by atoms with van der Waals surface area (Å²) in [6, 6.07) is 14.2. The Bertz CT molecular complexity index is 1210. The van der Waals surface area contributed by atoms with Gasteiger partial charge in [0.2, 0.25) is 0 Å². The van der Waals surface area contributed by atoms with Crippen LogP contribution in [0.25, 0.3) is 11.4 Å². The molecule has 2 aromatic carbocycles. The molecule has 2 aliphatic rings. The minimum Gasteiger partial charge on any atom is -0.284 e. The number of halogens is 1. The standard InChI is InChI=1S/C19H13FN8/c20-13-5-7-14(8-6-13)26-10-17(23-24-26)27-12-22-19-15-3-1-2-4-16(15)25-11-21-9-18(25)28(19)27/h1-12,19H. The van der Waals surface area contributed by atoms with E-state index in [-0.39, 0.29) is 12.0 Å². The Morgan fingerprint density at radius 3 is 2.75 bits per heavy atom. The highest BCUT2D eigenvalue weighted by Gasteiger charge is 2.39. The zero-order valence-electron chi connectivity index (χ0n) is 14.5. The van der Waals surface area contributed by atoms with E-state index in [4.69, 9.17) is 0 Å². The summed E-state index contributed by atoms with van der Waals surface area (Å²) in [6.45, 7) is 0. The Hall–Kier alpha value is -4.01. The van der Waals surface area contributed by atoms with Gasteiger partial charge in [0, 0.05) is 5.56 Å². The van der Waals surface area contributed by atoms with Crippen molar-refractivity contribution in [1.29, 1.82) is 0 Å². The quantitative estimate of drug-likeness (QED) is 0.541. The molecule has 4 aromatic rings. The molecule has 136 valence electrons. The van der Waals surface area contributed by atoms with Crippen LogP contribution in [0.3, 0.4) is 0 Å². The third-order valence-electron chi connectivity index (χ3n) is 4.92. The third-order valence-corrected chi connectivity index (χ3v) is 4.92. The molecule has 6 rings (SSSR count). The molecule has 8 nitrogen and oxygen atoms in total. The van der Waals surface area contributed by atoms with Crippen molar-refractivity contribution in [2.45, 2.75) is 6.17 Å². The molecular weight excluding hydrogens is 359 g/mol. The monoisotopic (exact) mass is 372 g/mol. The van der Waals surface area contributed by atoms with Crippen LogP contribution in [-0.2, 0) is 0 Å². The Morgan fingerprint density at radius 1 is 1.00 bits per heavy atom. The van der Waals surface area contributed by atoms with Crippen LogP contribution in [0.4, 0.5) is 16.0 Å². The van der Waals surface area contributed by atoms with E-state index in [1.807, 2.05) is 26.7 Å². The van der Waals surface area contributed by atoms with Gasteiger partial charge in [-0.25, -0.2) is 29.1 Å². The summed E-state index contributed by atoms with van der Waals surface area (Å²) >= 11 is 0. The summed E-state index contributed by atoms with van der Waals surface area (Å²) in [4.78, 5) is 9.00. The van der Waals surface area contributed by atoms with Crippen LogP contribution in [0.15, 0.2) is 72.2 Å². The number of imidazole rings is 1. The zero-order valence-corrected chi connectivity index (χ0v) is 14.5. The summed E-state index contributed by atoms with van der Waals surface area (Å²) in [7, 11) is 0. The molecule has 4 heterocycles. The molecule has 1 atom stereocenters. The number of anilines is 2. The molecular formula is C19H13FN8. The maximum atomic E-state index is 13.2. The Kier molecular flexibility index (Phi) is 2.96. The predicted octanol–water partition coefficient (Wildman–Crippen LogP) is 2.87. The Morgan fingerprint density at radius 2 is 1.86 bits per heavy atom. The van der Waals surface area contributed by atoms with Gasteiger partial charge in [-0.3, -0.25) is 4.57 Å². The molecule has 0 radical (unpaired) electrons. The summed E-state index contributed by atoms with van der Waals surface area (Å²) in [5.74, 6) is 1.19. The minimum atomic E-state index is -0.293. The maximum Gasteiger partial charge on any atom is 0.195 e. The average Bonchev–Trinajstić information content (AvgIpc) is 3.46. The lowest BCUT2D eigenvalue weighted by Gasteiger charge is -2.36. The molecule has 0 bridgehead atoms. The number of benzene rings is 2. The lowest BCUT2D eigenvalue weighted by molar-refractivity contribution is 0.626. The SMILES string of the molecule is Fc1ccc(-n2cc(N3C=NC4c5ccccc5-n5cncc5N43)nn2)cc1. The van der Waals surface area contributed by atoms with E-state index in [2.05, 4.69) is 32.4 Å². The number of nitrogens with zero attached hydrogens (tertiary/aromatic N) is 8. The van der Waals surface area contributed by atoms with Crippen LogP contribution >= 0.6 is 0 Å². The van der Waals surface area contributed by atoms with Gasteiger partial charge < -0.3 is 0 Å². The number of para-hydroxylation sites is 1. The lowest BCUT2D eigenvalue weighted by Crippen LogP contribution is -2.42. The molecule has 0 spiro atoms. The number of hydrogen-bond donors (Lipinski definition) is 0. The predicted molar refractivity (Wildman–Crippen MR) is 101 cm³/mol. The summed E-state index contributed by atoms with van der Waals surface area (Å²) in [5, 5.41) is 12.3.